The predicted molar refractivity (Wildman–Crippen MR) is 106 cm³/mol. The number of carbonyl (C=O) groups excluding carboxylic acids is 2. The summed E-state index contributed by atoms with van der Waals surface area (Å²) in [4.78, 5) is 28.0. The van der Waals surface area contributed by atoms with Crippen molar-refractivity contribution in [3.63, 3.8) is 0 Å². The minimum Gasteiger partial charge on any atom is -0.369 e. The summed E-state index contributed by atoms with van der Waals surface area (Å²) < 4.78 is 0. The van der Waals surface area contributed by atoms with E-state index in [1.54, 1.807) is 24.5 Å². The number of nitrogens with one attached hydrogen (secondary N) is 2. The van der Waals surface area contributed by atoms with E-state index < -0.39 is 11.8 Å². The molecule has 1 aromatic heterocycles. The number of hydrogen-bond donors (Lipinski definition) is 3. The number of amides is 3. The van der Waals surface area contributed by atoms with Crippen molar-refractivity contribution in [1.82, 2.24) is 15.6 Å². The first-order valence-corrected chi connectivity index (χ1v) is 8.97. The second-order valence-electron chi connectivity index (χ2n) is 6.11. The van der Waals surface area contributed by atoms with Gasteiger partial charge in [-0.25, -0.2) is 4.79 Å². The molecule has 2 atom stereocenters. The third kappa shape index (κ3) is 6.42. The Hall–Kier alpha value is -2.86. The first-order chi connectivity index (χ1) is 13.0. The summed E-state index contributed by atoms with van der Waals surface area (Å²) in [7, 11) is 0. The Morgan fingerprint density at radius 3 is 2.56 bits per heavy atom. The number of halogens is 1. The van der Waals surface area contributed by atoms with Crippen LogP contribution in [0.5, 0.6) is 0 Å². The molecule has 0 radical (unpaired) electrons. The predicted octanol–water partition coefficient (Wildman–Crippen LogP) is 3.00. The van der Waals surface area contributed by atoms with Gasteiger partial charge in [0, 0.05) is 24.0 Å². The molecule has 27 heavy (non-hydrogen) atoms. The van der Waals surface area contributed by atoms with E-state index in [1.165, 1.54) is 0 Å². The summed E-state index contributed by atoms with van der Waals surface area (Å²) in [5, 5.41) is 6.16. The molecule has 0 aliphatic carbocycles. The van der Waals surface area contributed by atoms with Crippen LogP contribution in [0.4, 0.5) is 4.79 Å². The number of pyridine rings is 1. The largest absolute Gasteiger partial charge is 0.369 e. The van der Waals surface area contributed by atoms with Crippen molar-refractivity contribution in [1.29, 1.82) is 0 Å². The Morgan fingerprint density at radius 2 is 1.93 bits per heavy atom. The van der Waals surface area contributed by atoms with Gasteiger partial charge in [-0.2, -0.15) is 0 Å². The van der Waals surface area contributed by atoms with Gasteiger partial charge in [0.25, 0.3) is 0 Å². The maximum absolute atomic E-state index is 12.3. The van der Waals surface area contributed by atoms with Crippen molar-refractivity contribution >= 4 is 23.5 Å². The summed E-state index contributed by atoms with van der Waals surface area (Å²) in [6, 6.07) is 10.3. The number of benzene rings is 1. The molecule has 6 nitrogen and oxygen atoms in total. The smallest absolute Gasteiger partial charge is 0.315 e. The number of nitrogens with zero attached hydrogens (tertiary/aromatic N) is 1. The van der Waals surface area contributed by atoms with Crippen molar-refractivity contribution in [2.75, 3.05) is 6.54 Å². The van der Waals surface area contributed by atoms with Crippen LogP contribution in [0.25, 0.3) is 0 Å². The van der Waals surface area contributed by atoms with Crippen molar-refractivity contribution in [3.05, 3.63) is 77.6 Å². The second kappa shape index (κ2) is 10.3. The Morgan fingerprint density at radius 1 is 1.22 bits per heavy atom. The molecule has 0 saturated heterocycles. The van der Waals surface area contributed by atoms with Gasteiger partial charge >= 0.3 is 6.03 Å². The van der Waals surface area contributed by atoms with E-state index in [0.717, 1.165) is 11.1 Å². The van der Waals surface area contributed by atoms with E-state index in [0.29, 0.717) is 17.9 Å². The van der Waals surface area contributed by atoms with Gasteiger partial charge in [0.05, 0.1) is 12.0 Å². The van der Waals surface area contributed by atoms with Gasteiger partial charge in [-0.1, -0.05) is 35.9 Å². The molecular formula is C20H23ClN4O2. The van der Waals surface area contributed by atoms with Crippen molar-refractivity contribution < 1.29 is 9.59 Å². The van der Waals surface area contributed by atoms with Crippen LogP contribution in [0, 0.1) is 5.92 Å². The van der Waals surface area contributed by atoms with Gasteiger partial charge in [0.15, 0.2) is 0 Å². The molecule has 0 fully saturated rings. The highest BCUT2D eigenvalue weighted by Crippen LogP contribution is 2.19. The Labute approximate surface area is 163 Å². The topological polar surface area (TPSA) is 97.1 Å². The SMILES string of the molecule is C=CCC(NC(=O)NCC(Cc1ccccc1Cl)C(N)=O)c1ccncc1. The highest BCUT2D eigenvalue weighted by molar-refractivity contribution is 6.31. The summed E-state index contributed by atoms with van der Waals surface area (Å²) in [6.45, 7) is 3.84. The molecule has 2 aromatic rings. The van der Waals surface area contributed by atoms with E-state index >= 15 is 0 Å². The number of nitrogens with two attached hydrogens (primary N) is 1. The molecule has 3 amide bonds. The van der Waals surface area contributed by atoms with E-state index in [1.807, 2.05) is 30.3 Å². The number of rotatable bonds is 9. The Balaban J connectivity index is 1.95. The maximum Gasteiger partial charge on any atom is 0.315 e. The van der Waals surface area contributed by atoms with Gasteiger partial charge in [0.1, 0.15) is 0 Å². The van der Waals surface area contributed by atoms with Crippen LogP contribution >= 0.6 is 11.6 Å². The van der Waals surface area contributed by atoms with Crippen molar-refractivity contribution in [3.8, 4) is 0 Å². The summed E-state index contributed by atoms with van der Waals surface area (Å²) in [6.07, 6.45) is 5.98. The zero-order chi connectivity index (χ0) is 19.6. The highest BCUT2D eigenvalue weighted by Gasteiger charge is 2.19. The molecule has 0 spiro atoms. The summed E-state index contributed by atoms with van der Waals surface area (Å²) >= 11 is 6.14. The first-order valence-electron chi connectivity index (χ1n) is 8.59. The quantitative estimate of drug-likeness (QED) is 0.578. The molecule has 142 valence electrons. The van der Waals surface area contributed by atoms with Crippen LogP contribution in [-0.4, -0.2) is 23.5 Å². The van der Waals surface area contributed by atoms with Crippen LogP contribution in [0.1, 0.15) is 23.6 Å². The normalized spacial score (nSPS) is 12.6. The highest BCUT2D eigenvalue weighted by atomic mass is 35.5. The minimum atomic E-state index is -0.561. The molecule has 2 rings (SSSR count). The standard InChI is InChI=1S/C20H23ClN4O2/c1-2-5-18(14-8-10-23-11-9-14)25-20(27)24-13-16(19(22)26)12-15-6-3-4-7-17(15)21/h2-4,6-11,16,18H,1,5,12-13H2,(H2,22,26)(H2,24,25,27). The molecule has 1 aromatic carbocycles. The number of hydrogen-bond acceptors (Lipinski definition) is 3. The molecule has 0 aliphatic rings. The summed E-state index contributed by atoms with van der Waals surface area (Å²) in [5.74, 6) is -1.05. The van der Waals surface area contributed by atoms with Crippen LogP contribution < -0.4 is 16.4 Å². The zero-order valence-corrected chi connectivity index (χ0v) is 15.7. The van der Waals surface area contributed by atoms with E-state index in [-0.39, 0.29) is 18.6 Å². The van der Waals surface area contributed by atoms with Gasteiger partial charge in [-0.3, -0.25) is 9.78 Å². The molecular weight excluding hydrogens is 364 g/mol. The molecule has 2 unspecified atom stereocenters. The number of primary amides is 1. The molecule has 1 heterocycles. The lowest BCUT2D eigenvalue weighted by molar-refractivity contribution is -0.121. The van der Waals surface area contributed by atoms with Gasteiger partial charge in [-0.05, 0) is 42.2 Å². The number of aromatic nitrogens is 1. The lowest BCUT2D eigenvalue weighted by Crippen LogP contribution is -2.43. The summed E-state index contributed by atoms with van der Waals surface area (Å²) in [5.41, 5.74) is 7.22. The van der Waals surface area contributed by atoms with Crippen molar-refractivity contribution in [2.24, 2.45) is 11.7 Å². The maximum atomic E-state index is 12.3. The van der Waals surface area contributed by atoms with Gasteiger partial charge in [0.2, 0.25) is 5.91 Å². The lowest BCUT2D eigenvalue weighted by atomic mass is 9.98. The third-order valence-corrected chi connectivity index (χ3v) is 4.52. The van der Waals surface area contributed by atoms with E-state index in [9.17, 15) is 9.59 Å². The Kier molecular flexibility index (Phi) is 7.82. The fourth-order valence-corrected chi connectivity index (χ4v) is 2.88. The molecule has 7 heteroatoms. The third-order valence-electron chi connectivity index (χ3n) is 4.15. The molecule has 0 aliphatic heterocycles. The van der Waals surface area contributed by atoms with Gasteiger partial charge in [-0.15, -0.1) is 6.58 Å². The zero-order valence-electron chi connectivity index (χ0n) is 14.9. The average Bonchev–Trinajstić information content (AvgIpc) is 2.66. The van der Waals surface area contributed by atoms with E-state index in [4.69, 9.17) is 17.3 Å². The number of carbonyl (C=O) groups is 2. The van der Waals surface area contributed by atoms with Crippen molar-refractivity contribution in [2.45, 2.75) is 18.9 Å². The lowest BCUT2D eigenvalue weighted by Gasteiger charge is -2.20. The monoisotopic (exact) mass is 386 g/mol. The van der Waals surface area contributed by atoms with Crippen LogP contribution in [0.2, 0.25) is 5.02 Å². The van der Waals surface area contributed by atoms with Crippen LogP contribution in [0.15, 0.2) is 61.4 Å². The van der Waals surface area contributed by atoms with Gasteiger partial charge < -0.3 is 16.4 Å². The van der Waals surface area contributed by atoms with E-state index in [2.05, 4.69) is 22.2 Å². The second-order valence-corrected chi connectivity index (χ2v) is 6.51. The Bertz CT molecular complexity index is 783. The van der Waals surface area contributed by atoms with Crippen LogP contribution in [-0.2, 0) is 11.2 Å². The molecule has 4 N–H and O–H groups in total. The van der Waals surface area contributed by atoms with Crippen LogP contribution in [0.3, 0.4) is 0 Å². The average molecular weight is 387 g/mol. The molecule has 0 bridgehead atoms. The fourth-order valence-electron chi connectivity index (χ4n) is 2.67. The fraction of sp³-hybridized carbons (Fsp3) is 0.250. The molecule has 0 saturated carbocycles. The first kappa shape index (κ1) is 20.5. The minimum absolute atomic E-state index is 0.115. The number of urea groups is 1.